The van der Waals surface area contributed by atoms with E-state index in [0.29, 0.717) is 6.54 Å². The minimum atomic E-state index is -0.0819. The highest BCUT2D eigenvalue weighted by Gasteiger charge is 1.97. The second-order valence-corrected chi connectivity index (χ2v) is 2.20. The first kappa shape index (κ1) is 10.0. The van der Waals surface area contributed by atoms with Crippen molar-refractivity contribution in [2.24, 2.45) is 11.6 Å². The first-order valence-corrected chi connectivity index (χ1v) is 3.44. The van der Waals surface area contributed by atoms with Gasteiger partial charge in [0, 0.05) is 25.5 Å². The minimum Gasteiger partial charge on any atom is -0.393 e. The Kier molecular flexibility index (Phi) is 5.24. The third-order valence-electron chi connectivity index (χ3n) is 1.16. The molecule has 64 valence electrons. The van der Waals surface area contributed by atoms with E-state index in [1.165, 1.54) is 5.01 Å². The Hall–Kier alpha value is -1.00. The number of nitrogens with zero attached hydrogens (tertiary/aromatic N) is 1. The Morgan fingerprint density at radius 1 is 1.73 bits per heavy atom. The van der Waals surface area contributed by atoms with Crippen molar-refractivity contribution in [3.63, 3.8) is 0 Å². The fraction of sp³-hybridized carbons (Fsp3) is 0.429. The molecule has 0 saturated carbocycles. The van der Waals surface area contributed by atoms with Gasteiger partial charge in [-0.15, -0.1) is 6.58 Å². The molecule has 0 saturated heterocycles. The van der Waals surface area contributed by atoms with Crippen LogP contribution in [0.15, 0.2) is 25.1 Å². The highest BCUT2D eigenvalue weighted by atomic mass is 15.4. The van der Waals surface area contributed by atoms with Gasteiger partial charge >= 0.3 is 0 Å². The summed E-state index contributed by atoms with van der Waals surface area (Å²) in [6, 6.07) is -0.0819. The maximum Gasteiger partial charge on any atom is 0.0523 e. The lowest BCUT2D eigenvalue weighted by atomic mass is 10.3. The predicted octanol–water partition coefficient (Wildman–Crippen LogP) is -0.634. The number of hydrogen-bond donors (Lipinski definition) is 3. The zero-order valence-corrected chi connectivity index (χ0v) is 6.83. The molecule has 0 unspecified atom stereocenters. The maximum absolute atomic E-state index is 5.55. The largest absolute Gasteiger partial charge is 0.393 e. The number of rotatable bonds is 5. The van der Waals surface area contributed by atoms with Crippen molar-refractivity contribution in [2.75, 3.05) is 13.6 Å². The molecule has 0 amide bonds. The lowest BCUT2D eigenvalue weighted by molar-refractivity contribution is 0.380. The van der Waals surface area contributed by atoms with Crippen LogP contribution in [-0.4, -0.2) is 24.6 Å². The fourth-order valence-electron chi connectivity index (χ4n) is 0.549. The highest BCUT2D eigenvalue weighted by molar-refractivity contribution is 4.87. The van der Waals surface area contributed by atoms with Gasteiger partial charge in [0.15, 0.2) is 0 Å². The van der Waals surface area contributed by atoms with Crippen LogP contribution in [0.25, 0.3) is 0 Å². The maximum atomic E-state index is 5.55. The lowest BCUT2D eigenvalue weighted by Gasteiger charge is -2.15. The number of hydrazine groups is 1. The quantitative estimate of drug-likeness (QED) is 0.281. The third kappa shape index (κ3) is 5.44. The highest BCUT2D eigenvalue weighted by Crippen LogP contribution is 1.84. The van der Waals surface area contributed by atoms with Crippen molar-refractivity contribution in [3.05, 3.63) is 25.1 Å². The van der Waals surface area contributed by atoms with E-state index < -0.39 is 0 Å². The van der Waals surface area contributed by atoms with Crippen LogP contribution in [0.5, 0.6) is 0 Å². The van der Waals surface area contributed by atoms with Crippen molar-refractivity contribution >= 4 is 0 Å². The number of nitrogens with one attached hydrogen (secondary N) is 1. The van der Waals surface area contributed by atoms with E-state index in [-0.39, 0.29) is 6.04 Å². The zero-order valence-electron chi connectivity index (χ0n) is 6.83. The van der Waals surface area contributed by atoms with E-state index in [1.54, 1.807) is 25.5 Å². The van der Waals surface area contributed by atoms with Crippen molar-refractivity contribution < 1.29 is 0 Å². The van der Waals surface area contributed by atoms with Gasteiger partial charge in [-0.2, -0.15) is 0 Å². The molecule has 11 heavy (non-hydrogen) atoms. The molecule has 0 heterocycles. The molecule has 0 aromatic carbocycles. The average Bonchev–Trinajstić information content (AvgIpc) is 2.00. The van der Waals surface area contributed by atoms with Gasteiger partial charge in [-0.05, 0) is 0 Å². The Balaban J connectivity index is 3.58. The summed E-state index contributed by atoms with van der Waals surface area (Å²) < 4.78 is 0. The Bertz CT molecular complexity index is 132. The predicted molar refractivity (Wildman–Crippen MR) is 47.3 cm³/mol. The van der Waals surface area contributed by atoms with E-state index in [4.69, 9.17) is 11.6 Å². The topological polar surface area (TPSA) is 67.3 Å². The molecule has 0 bridgehead atoms. The molecule has 0 aromatic rings. The van der Waals surface area contributed by atoms with Crippen molar-refractivity contribution in [3.8, 4) is 0 Å². The third-order valence-corrected chi connectivity index (χ3v) is 1.16. The summed E-state index contributed by atoms with van der Waals surface area (Å²) >= 11 is 0. The molecule has 1 atom stereocenters. The molecule has 0 rings (SSSR count). The van der Waals surface area contributed by atoms with E-state index in [2.05, 4.69) is 11.9 Å². The summed E-state index contributed by atoms with van der Waals surface area (Å²) in [6.07, 6.45) is 5.10. The van der Waals surface area contributed by atoms with Crippen LogP contribution >= 0.6 is 0 Å². The first-order valence-electron chi connectivity index (χ1n) is 3.44. The molecular weight excluding hydrogens is 140 g/mol. The van der Waals surface area contributed by atoms with E-state index in [0.717, 1.165) is 0 Å². The molecule has 5 N–H and O–H groups in total. The molecule has 0 fully saturated rings. The van der Waals surface area contributed by atoms with Crippen LogP contribution in [0.1, 0.15) is 0 Å². The fourth-order valence-corrected chi connectivity index (χ4v) is 0.549. The van der Waals surface area contributed by atoms with Gasteiger partial charge in [0.05, 0.1) is 6.54 Å². The van der Waals surface area contributed by atoms with Crippen LogP contribution in [0, 0.1) is 0 Å². The summed E-state index contributed by atoms with van der Waals surface area (Å²) in [5.74, 6) is 5.52. The molecule has 4 heteroatoms. The lowest BCUT2D eigenvalue weighted by Crippen LogP contribution is -2.37. The smallest absolute Gasteiger partial charge is 0.0523 e. The van der Waals surface area contributed by atoms with Crippen LogP contribution < -0.4 is 16.9 Å². The second kappa shape index (κ2) is 5.76. The first-order chi connectivity index (χ1) is 5.20. The molecule has 0 aliphatic heterocycles. The van der Waals surface area contributed by atoms with Gasteiger partial charge in [0.1, 0.15) is 0 Å². The monoisotopic (exact) mass is 156 g/mol. The summed E-state index contributed by atoms with van der Waals surface area (Å²) in [5.41, 5.74) is 5.55. The van der Waals surface area contributed by atoms with E-state index in [1.807, 2.05) is 0 Å². The second-order valence-electron chi connectivity index (χ2n) is 2.20. The van der Waals surface area contributed by atoms with Crippen LogP contribution in [0.2, 0.25) is 0 Å². The molecule has 0 aliphatic carbocycles. The van der Waals surface area contributed by atoms with Crippen LogP contribution in [-0.2, 0) is 0 Å². The molecule has 0 aliphatic rings. The normalized spacial score (nSPS) is 13.0. The van der Waals surface area contributed by atoms with Gasteiger partial charge < -0.3 is 16.1 Å². The summed E-state index contributed by atoms with van der Waals surface area (Å²) in [5, 5.41) is 4.32. The van der Waals surface area contributed by atoms with E-state index in [9.17, 15) is 0 Å². The summed E-state index contributed by atoms with van der Waals surface area (Å²) in [4.78, 5) is 0. The summed E-state index contributed by atoms with van der Waals surface area (Å²) in [7, 11) is 1.80. The summed E-state index contributed by atoms with van der Waals surface area (Å²) in [6.45, 7) is 4.12. The molecule has 0 radical (unpaired) electrons. The van der Waals surface area contributed by atoms with Gasteiger partial charge in [0.25, 0.3) is 0 Å². The standard InChI is InChI=1S/C7H16N4/c1-3-7(8)6-11(9)5-4-10-2/h3-5,7,10H,1,6,8-9H2,2H3/b5-4-/t7-/m0/s1. The van der Waals surface area contributed by atoms with Gasteiger partial charge in [-0.25, -0.2) is 5.84 Å². The van der Waals surface area contributed by atoms with Crippen molar-refractivity contribution in [1.82, 2.24) is 10.3 Å². The Morgan fingerprint density at radius 3 is 2.82 bits per heavy atom. The SMILES string of the molecule is C=C[C@H](N)CN(N)/C=C\NC. The van der Waals surface area contributed by atoms with Gasteiger partial charge in [-0.1, -0.05) is 6.08 Å². The molecule has 0 aromatic heterocycles. The van der Waals surface area contributed by atoms with Crippen LogP contribution in [0.3, 0.4) is 0 Å². The number of hydrogen-bond acceptors (Lipinski definition) is 4. The Labute approximate surface area is 67.5 Å². The average molecular weight is 156 g/mol. The van der Waals surface area contributed by atoms with E-state index >= 15 is 0 Å². The zero-order chi connectivity index (χ0) is 8.69. The molecular formula is C7H16N4. The van der Waals surface area contributed by atoms with Crippen molar-refractivity contribution in [1.29, 1.82) is 0 Å². The molecule has 4 nitrogen and oxygen atoms in total. The number of nitrogens with two attached hydrogens (primary N) is 2. The Morgan fingerprint density at radius 2 is 2.36 bits per heavy atom. The minimum absolute atomic E-state index is 0.0819. The van der Waals surface area contributed by atoms with Gasteiger partial charge in [-0.3, -0.25) is 0 Å². The van der Waals surface area contributed by atoms with Crippen molar-refractivity contribution in [2.45, 2.75) is 6.04 Å². The molecule has 0 spiro atoms. The van der Waals surface area contributed by atoms with Crippen LogP contribution in [0.4, 0.5) is 0 Å². The van der Waals surface area contributed by atoms with Gasteiger partial charge in [0.2, 0.25) is 0 Å².